The Kier molecular flexibility index (Phi) is 4.20. The van der Waals surface area contributed by atoms with Crippen molar-refractivity contribution in [3.8, 4) is 5.75 Å². The lowest BCUT2D eigenvalue weighted by molar-refractivity contribution is 0.0842. The molecule has 0 amide bonds. The molecule has 0 unspecified atom stereocenters. The van der Waals surface area contributed by atoms with E-state index in [1.807, 2.05) is 42.5 Å². The van der Waals surface area contributed by atoms with Crippen molar-refractivity contribution in [2.75, 3.05) is 0 Å². The molecule has 0 aromatic heterocycles. The SMILES string of the molecule is Cc1cccc(CNC2CC(Oc3ccccc3)C2)c1F. The van der Waals surface area contributed by atoms with Crippen molar-refractivity contribution in [2.45, 2.75) is 38.5 Å². The van der Waals surface area contributed by atoms with Gasteiger partial charge in [0.25, 0.3) is 0 Å². The summed E-state index contributed by atoms with van der Waals surface area (Å²) >= 11 is 0. The molecule has 1 saturated carbocycles. The van der Waals surface area contributed by atoms with Crippen LogP contribution >= 0.6 is 0 Å². The Morgan fingerprint density at radius 1 is 1.10 bits per heavy atom. The van der Waals surface area contributed by atoms with Crippen LogP contribution in [0.1, 0.15) is 24.0 Å². The minimum atomic E-state index is -0.0959. The van der Waals surface area contributed by atoms with Crippen molar-refractivity contribution < 1.29 is 9.13 Å². The molecule has 0 atom stereocenters. The van der Waals surface area contributed by atoms with Gasteiger partial charge >= 0.3 is 0 Å². The Bertz CT molecular complexity index is 593. The summed E-state index contributed by atoms with van der Waals surface area (Å²) in [5.74, 6) is 0.826. The minimum Gasteiger partial charge on any atom is -0.490 e. The van der Waals surface area contributed by atoms with E-state index in [2.05, 4.69) is 5.32 Å². The third-order valence-corrected chi connectivity index (χ3v) is 3.99. The quantitative estimate of drug-likeness (QED) is 0.901. The second kappa shape index (κ2) is 6.27. The van der Waals surface area contributed by atoms with Crippen LogP contribution < -0.4 is 10.1 Å². The van der Waals surface area contributed by atoms with Gasteiger partial charge in [0.15, 0.2) is 0 Å². The van der Waals surface area contributed by atoms with Gasteiger partial charge in [0.2, 0.25) is 0 Å². The van der Waals surface area contributed by atoms with Gasteiger partial charge in [-0.3, -0.25) is 0 Å². The first-order valence-corrected chi connectivity index (χ1v) is 7.41. The first-order chi connectivity index (χ1) is 10.2. The summed E-state index contributed by atoms with van der Waals surface area (Å²) in [4.78, 5) is 0. The number of ether oxygens (including phenoxy) is 1. The van der Waals surface area contributed by atoms with Crippen LogP contribution in [0.25, 0.3) is 0 Å². The fraction of sp³-hybridized carbons (Fsp3) is 0.333. The van der Waals surface area contributed by atoms with Crippen LogP contribution in [0.2, 0.25) is 0 Å². The Labute approximate surface area is 125 Å². The average molecular weight is 285 g/mol. The van der Waals surface area contributed by atoms with Crippen molar-refractivity contribution in [2.24, 2.45) is 0 Å². The monoisotopic (exact) mass is 285 g/mol. The maximum Gasteiger partial charge on any atom is 0.130 e. The van der Waals surface area contributed by atoms with E-state index >= 15 is 0 Å². The number of para-hydroxylation sites is 1. The zero-order chi connectivity index (χ0) is 14.7. The molecule has 0 saturated heterocycles. The van der Waals surface area contributed by atoms with Gasteiger partial charge in [-0.25, -0.2) is 4.39 Å². The molecule has 0 heterocycles. The summed E-state index contributed by atoms with van der Waals surface area (Å²) in [5.41, 5.74) is 1.44. The maximum absolute atomic E-state index is 13.9. The molecule has 110 valence electrons. The summed E-state index contributed by atoms with van der Waals surface area (Å²) < 4.78 is 19.7. The number of benzene rings is 2. The Morgan fingerprint density at radius 3 is 2.62 bits per heavy atom. The Balaban J connectivity index is 1.44. The lowest BCUT2D eigenvalue weighted by atomic mass is 9.89. The molecule has 2 aromatic carbocycles. The van der Waals surface area contributed by atoms with Crippen LogP contribution in [-0.4, -0.2) is 12.1 Å². The fourth-order valence-corrected chi connectivity index (χ4v) is 2.62. The van der Waals surface area contributed by atoms with Crippen molar-refractivity contribution in [3.05, 3.63) is 65.5 Å². The topological polar surface area (TPSA) is 21.3 Å². The standard InChI is InChI=1S/C18H20FNO/c1-13-6-5-7-14(18(13)19)12-20-15-10-17(11-15)21-16-8-3-2-4-9-16/h2-9,15,17,20H,10-12H2,1H3. The molecule has 2 nitrogen and oxygen atoms in total. The molecule has 1 fully saturated rings. The van der Waals surface area contributed by atoms with Gasteiger partial charge in [-0.1, -0.05) is 36.4 Å². The van der Waals surface area contributed by atoms with E-state index in [-0.39, 0.29) is 11.9 Å². The van der Waals surface area contributed by atoms with E-state index in [9.17, 15) is 4.39 Å². The highest BCUT2D eigenvalue weighted by Gasteiger charge is 2.30. The smallest absolute Gasteiger partial charge is 0.130 e. The van der Waals surface area contributed by atoms with Crippen molar-refractivity contribution in [1.29, 1.82) is 0 Å². The predicted octanol–water partition coefficient (Wildman–Crippen LogP) is 3.83. The lowest BCUT2D eigenvalue weighted by Gasteiger charge is -2.36. The van der Waals surface area contributed by atoms with Crippen LogP contribution in [-0.2, 0) is 6.54 Å². The third-order valence-electron chi connectivity index (χ3n) is 3.99. The van der Waals surface area contributed by atoms with Gasteiger partial charge in [-0.15, -0.1) is 0 Å². The van der Waals surface area contributed by atoms with Crippen LogP contribution in [0.3, 0.4) is 0 Å². The van der Waals surface area contributed by atoms with E-state index in [0.717, 1.165) is 24.2 Å². The number of nitrogens with one attached hydrogen (secondary N) is 1. The van der Waals surface area contributed by atoms with Crippen LogP contribution in [0, 0.1) is 12.7 Å². The Morgan fingerprint density at radius 2 is 1.86 bits per heavy atom. The molecule has 2 aromatic rings. The molecule has 0 aliphatic heterocycles. The summed E-state index contributed by atoms with van der Waals surface area (Å²) in [6.07, 6.45) is 2.22. The first-order valence-electron chi connectivity index (χ1n) is 7.41. The van der Waals surface area contributed by atoms with Crippen LogP contribution in [0.15, 0.2) is 48.5 Å². The van der Waals surface area contributed by atoms with Crippen molar-refractivity contribution in [3.63, 3.8) is 0 Å². The predicted molar refractivity (Wildman–Crippen MR) is 81.9 cm³/mol. The highest BCUT2D eigenvalue weighted by molar-refractivity contribution is 5.25. The molecule has 21 heavy (non-hydrogen) atoms. The number of hydrogen-bond acceptors (Lipinski definition) is 2. The third kappa shape index (κ3) is 3.42. The molecular formula is C18H20FNO. The van der Waals surface area contributed by atoms with Gasteiger partial charge in [0.1, 0.15) is 17.7 Å². The van der Waals surface area contributed by atoms with Crippen molar-refractivity contribution in [1.82, 2.24) is 5.32 Å². The average Bonchev–Trinajstić information content (AvgIpc) is 2.46. The number of rotatable bonds is 5. The van der Waals surface area contributed by atoms with Gasteiger partial charge < -0.3 is 10.1 Å². The van der Waals surface area contributed by atoms with Gasteiger partial charge in [0.05, 0.1) is 0 Å². The lowest BCUT2D eigenvalue weighted by Crippen LogP contribution is -2.46. The molecule has 0 bridgehead atoms. The molecule has 3 heteroatoms. The second-order valence-electron chi connectivity index (χ2n) is 5.65. The van der Waals surface area contributed by atoms with Crippen molar-refractivity contribution >= 4 is 0 Å². The van der Waals surface area contributed by atoms with Gasteiger partial charge in [-0.2, -0.15) is 0 Å². The van der Waals surface area contributed by atoms with Crippen LogP contribution in [0.5, 0.6) is 5.75 Å². The highest BCUT2D eigenvalue weighted by Crippen LogP contribution is 2.26. The summed E-state index contributed by atoms with van der Waals surface area (Å²) in [6.45, 7) is 2.38. The molecule has 1 aliphatic carbocycles. The van der Waals surface area contributed by atoms with E-state index in [0.29, 0.717) is 18.2 Å². The maximum atomic E-state index is 13.9. The summed E-state index contributed by atoms with van der Waals surface area (Å²) in [5, 5.41) is 3.40. The minimum absolute atomic E-state index is 0.0959. The summed E-state index contributed by atoms with van der Waals surface area (Å²) in [7, 11) is 0. The Hall–Kier alpha value is -1.87. The fourth-order valence-electron chi connectivity index (χ4n) is 2.62. The zero-order valence-corrected chi connectivity index (χ0v) is 12.2. The zero-order valence-electron chi connectivity index (χ0n) is 12.2. The molecule has 1 aliphatic rings. The van der Waals surface area contributed by atoms with Gasteiger partial charge in [0, 0.05) is 18.2 Å². The molecular weight excluding hydrogens is 265 g/mol. The van der Waals surface area contributed by atoms with E-state index in [1.54, 1.807) is 13.0 Å². The second-order valence-corrected chi connectivity index (χ2v) is 5.65. The normalized spacial score (nSPS) is 20.9. The first kappa shape index (κ1) is 14.1. The molecule has 1 N–H and O–H groups in total. The molecule has 0 spiro atoms. The van der Waals surface area contributed by atoms with E-state index in [4.69, 9.17) is 4.74 Å². The van der Waals surface area contributed by atoms with E-state index < -0.39 is 0 Å². The van der Waals surface area contributed by atoms with Gasteiger partial charge in [-0.05, 0) is 37.5 Å². The largest absolute Gasteiger partial charge is 0.490 e. The number of halogens is 1. The molecule has 0 radical (unpaired) electrons. The highest BCUT2D eigenvalue weighted by atomic mass is 19.1. The number of aryl methyl sites for hydroxylation is 1. The van der Waals surface area contributed by atoms with E-state index in [1.165, 1.54) is 0 Å². The number of hydrogen-bond donors (Lipinski definition) is 1. The molecule has 3 rings (SSSR count). The summed E-state index contributed by atoms with van der Waals surface area (Å²) in [6, 6.07) is 15.8. The van der Waals surface area contributed by atoms with Crippen LogP contribution in [0.4, 0.5) is 4.39 Å².